The van der Waals surface area contributed by atoms with Gasteiger partial charge in [0.2, 0.25) is 10.0 Å². The van der Waals surface area contributed by atoms with Gasteiger partial charge in [-0.15, -0.1) is 0 Å². The van der Waals surface area contributed by atoms with Crippen molar-refractivity contribution in [2.45, 2.75) is 10.2 Å². The summed E-state index contributed by atoms with van der Waals surface area (Å²) in [5.74, 6) is 0. The number of aromatic nitrogens is 2. The van der Waals surface area contributed by atoms with E-state index in [-0.39, 0.29) is 4.90 Å². The Morgan fingerprint density at radius 2 is 1.71 bits per heavy atom. The van der Waals surface area contributed by atoms with Gasteiger partial charge >= 0.3 is 0 Å². The third kappa shape index (κ3) is 3.54. The average molecular weight is 427 g/mol. The normalized spacial score (nSPS) is 11.6. The standard InChI is InChI=1S/C16H13BrClN3O2S/c17-10-13-9-16(11-1-3-12(18)4-2-11)21(20-13)14-5-7-15(8-6-14)24(19,22)23/h1-9H,10H2,(H2,19,22,23). The van der Waals surface area contributed by atoms with Crippen LogP contribution in [0.3, 0.4) is 0 Å². The molecule has 0 amide bonds. The monoisotopic (exact) mass is 425 g/mol. The maximum absolute atomic E-state index is 11.4. The first-order chi connectivity index (χ1) is 11.4. The summed E-state index contributed by atoms with van der Waals surface area (Å²) in [6.07, 6.45) is 0. The van der Waals surface area contributed by atoms with Gasteiger partial charge in [-0.2, -0.15) is 5.10 Å². The third-order valence-electron chi connectivity index (χ3n) is 3.45. The van der Waals surface area contributed by atoms with Crippen molar-refractivity contribution in [3.63, 3.8) is 0 Å². The van der Waals surface area contributed by atoms with Gasteiger partial charge in [0.1, 0.15) is 0 Å². The summed E-state index contributed by atoms with van der Waals surface area (Å²) in [7, 11) is -3.72. The molecule has 1 aromatic heterocycles. The van der Waals surface area contributed by atoms with Gasteiger partial charge in [-0.05, 0) is 42.5 Å². The number of alkyl halides is 1. The highest BCUT2D eigenvalue weighted by Crippen LogP contribution is 2.26. The van der Waals surface area contributed by atoms with E-state index in [9.17, 15) is 8.42 Å². The number of rotatable bonds is 4. The number of nitrogens with two attached hydrogens (primary N) is 1. The summed E-state index contributed by atoms with van der Waals surface area (Å²) in [6.45, 7) is 0. The molecule has 0 atom stereocenters. The number of benzene rings is 2. The van der Waals surface area contributed by atoms with Crippen LogP contribution in [0.4, 0.5) is 0 Å². The fourth-order valence-electron chi connectivity index (χ4n) is 2.30. The Bertz CT molecular complexity index is 968. The fraction of sp³-hybridized carbons (Fsp3) is 0.0625. The van der Waals surface area contributed by atoms with E-state index in [1.807, 2.05) is 30.3 Å². The van der Waals surface area contributed by atoms with E-state index in [1.165, 1.54) is 12.1 Å². The van der Waals surface area contributed by atoms with Crippen molar-refractivity contribution in [3.05, 3.63) is 65.3 Å². The predicted molar refractivity (Wildman–Crippen MR) is 98.0 cm³/mol. The van der Waals surface area contributed by atoms with E-state index in [1.54, 1.807) is 16.8 Å². The van der Waals surface area contributed by atoms with Crippen LogP contribution in [-0.4, -0.2) is 18.2 Å². The summed E-state index contributed by atoms with van der Waals surface area (Å²) in [5.41, 5.74) is 3.43. The first-order valence-electron chi connectivity index (χ1n) is 6.92. The molecule has 5 nitrogen and oxygen atoms in total. The average Bonchev–Trinajstić information content (AvgIpc) is 2.99. The summed E-state index contributed by atoms with van der Waals surface area (Å²) >= 11 is 9.36. The lowest BCUT2D eigenvalue weighted by Crippen LogP contribution is -2.12. The second kappa shape index (κ2) is 6.68. The number of hydrogen-bond acceptors (Lipinski definition) is 3. The van der Waals surface area contributed by atoms with Gasteiger partial charge < -0.3 is 0 Å². The first-order valence-corrected chi connectivity index (χ1v) is 9.97. The van der Waals surface area contributed by atoms with Crippen molar-refractivity contribution >= 4 is 37.6 Å². The predicted octanol–water partition coefficient (Wildman–Crippen LogP) is 3.74. The Morgan fingerprint density at radius 1 is 1.08 bits per heavy atom. The Balaban J connectivity index is 2.10. The van der Waals surface area contributed by atoms with Crippen LogP contribution in [0.15, 0.2) is 59.5 Å². The highest BCUT2D eigenvalue weighted by Gasteiger charge is 2.13. The van der Waals surface area contributed by atoms with E-state index in [0.717, 1.165) is 22.6 Å². The minimum atomic E-state index is -3.72. The van der Waals surface area contributed by atoms with Gasteiger partial charge in [0.05, 0.1) is 22.0 Å². The Labute approximate surface area is 153 Å². The van der Waals surface area contributed by atoms with Crippen LogP contribution in [0.2, 0.25) is 5.02 Å². The lowest BCUT2D eigenvalue weighted by molar-refractivity contribution is 0.598. The zero-order chi connectivity index (χ0) is 17.3. The molecule has 0 unspecified atom stereocenters. The Morgan fingerprint density at radius 3 is 2.25 bits per heavy atom. The molecule has 1 heterocycles. The van der Waals surface area contributed by atoms with Gasteiger partial charge in [-0.25, -0.2) is 18.2 Å². The molecule has 0 saturated heterocycles. The van der Waals surface area contributed by atoms with E-state index < -0.39 is 10.0 Å². The van der Waals surface area contributed by atoms with E-state index in [2.05, 4.69) is 21.0 Å². The molecule has 0 spiro atoms. The largest absolute Gasteiger partial charge is 0.238 e. The first kappa shape index (κ1) is 17.2. The van der Waals surface area contributed by atoms with Crippen LogP contribution >= 0.6 is 27.5 Å². The van der Waals surface area contributed by atoms with Crippen molar-refractivity contribution in [1.82, 2.24) is 9.78 Å². The molecule has 0 aliphatic carbocycles. The molecule has 3 rings (SSSR count). The smallest absolute Gasteiger partial charge is 0.233 e. The number of sulfonamides is 1. The van der Waals surface area contributed by atoms with E-state index in [4.69, 9.17) is 16.7 Å². The van der Waals surface area contributed by atoms with Crippen LogP contribution < -0.4 is 5.14 Å². The van der Waals surface area contributed by atoms with Crippen LogP contribution in [0, 0.1) is 0 Å². The molecule has 2 aromatic carbocycles. The maximum Gasteiger partial charge on any atom is 0.238 e. The van der Waals surface area contributed by atoms with Gasteiger partial charge in [-0.3, -0.25) is 0 Å². The van der Waals surface area contributed by atoms with Crippen molar-refractivity contribution < 1.29 is 8.42 Å². The lowest BCUT2D eigenvalue weighted by atomic mass is 10.1. The summed E-state index contributed by atoms with van der Waals surface area (Å²) in [5, 5.41) is 10.9. The molecule has 0 fully saturated rings. The van der Waals surface area contributed by atoms with Gasteiger partial charge in [0.15, 0.2) is 0 Å². The number of nitrogens with zero attached hydrogens (tertiary/aromatic N) is 2. The second-order valence-electron chi connectivity index (χ2n) is 5.11. The van der Waals surface area contributed by atoms with Gasteiger partial charge in [-0.1, -0.05) is 39.7 Å². The SMILES string of the molecule is NS(=O)(=O)c1ccc(-n2nc(CBr)cc2-c2ccc(Cl)cc2)cc1. The molecular weight excluding hydrogens is 414 g/mol. The zero-order valence-electron chi connectivity index (χ0n) is 12.4. The molecule has 124 valence electrons. The quantitative estimate of drug-likeness (QED) is 0.646. The van der Waals surface area contributed by atoms with Crippen LogP contribution in [0.5, 0.6) is 0 Å². The Hall–Kier alpha value is -1.67. The van der Waals surface area contributed by atoms with Crippen LogP contribution in [-0.2, 0) is 15.4 Å². The van der Waals surface area contributed by atoms with Crippen LogP contribution in [0.25, 0.3) is 16.9 Å². The van der Waals surface area contributed by atoms with Gasteiger partial charge in [0.25, 0.3) is 0 Å². The lowest BCUT2D eigenvalue weighted by Gasteiger charge is -2.08. The number of primary sulfonamides is 1. The molecule has 0 saturated carbocycles. The molecule has 2 N–H and O–H groups in total. The summed E-state index contributed by atoms with van der Waals surface area (Å²) < 4.78 is 24.5. The topological polar surface area (TPSA) is 78.0 Å². The molecule has 8 heteroatoms. The molecular formula is C16H13BrClN3O2S. The van der Waals surface area contributed by atoms with Crippen molar-refractivity contribution in [1.29, 1.82) is 0 Å². The zero-order valence-corrected chi connectivity index (χ0v) is 15.5. The maximum atomic E-state index is 11.4. The highest BCUT2D eigenvalue weighted by molar-refractivity contribution is 9.08. The van der Waals surface area contributed by atoms with Crippen LogP contribution in [0.1, 0.15) is 5.69 Å². The number of hydrogen-bond donors (Lipinski definition) is 1. The molecule has 0 aliphatic heterocycles. The summed E-state index contributed by atoms with van der Waals surface area (Å²) in [4.78, 5) is 0.0622. The third-order valence-corrected chi connectivity index (χ3v) is 5.20. The summed E-state index contributed by atoms with van der Waals surface area (Å²) in [6, 6.07) is 15.7. The molecule has 0 radical (unpaired) electrons. The van der Waals surface area contributed by atoms with Crippen molar-refractivity contribution in [2.75, 3.05) is 0 Å². The number of halogens is 2. The van der Waals surface area contributed by atoms with Gasteiger partial charge in [0, 0.05) is 15.9 Å². The molecule has 24 heavy (non-hydrogen) atoms. The second-order valence-corrected chi connectivity index (χ2v) is 7.67. The minimum Gasteiger partial charge on any atom is -0.233 e. The highest BCUT2D eigenvalue weighted by atomic mass is 79.9. The molecule has 0 aliphatic rings. The van der Waals surface area contributed by atoms with Crippen molar-refractivity contribution in [2.24, 2.45) is 5.14 Å². The molecule has 3 aromatic rings. The van der Waals surface area contributed by atoms with E-state index in [0.29, 0.717) is 10.4 Å². The van der Waals surface area contributed by atoms with Crippen molar-refractivity contribution in [3.8, 4) is 16.9 Å². The molecule has 0 bridgehead atoms. The fourth-order valence-corrected chi connectivity index (χ4v) is 3.21. The van der Waals surface area contributed by atoms with E-state index >= 15 is 0 Å². The minimum absolute atomic E-state index is 0.0622. The Kier molecular flexibility index (Phi) is 4.78.